The van der Waals surface area contributed by atoms with Gasteiger partial charge in [-0.1, -0.05) is 17.7 Å². The molecule has 1 N–H and O–H groups in total. The Morgan fingerprint density at radius 1 is 1.35 bits per heavy atom. The van der Waals surface area contributed by atoms with Crippen LogP contribution in [-0.4, -0.2) is 12.5 Å². The predicted octanol–water partition coefficient (Wildman–Crippen LogP) is 4.14. The van der Waals surface area contributed by atoms with E-state index < -0.39 is 0 Å². The molecule has 5 heteroatoms. The SMILES string of the molecule is O=C1CCCN1c1cccc(NCc2cc(Cl)cs2)c1. The summed E-state index contributed by atoms with van der Waals surface area (Å²) in [6.07, 6.45) is 1.61. The molecule has 104 valence electrons. The first-order valence-corrected chi connectivity index (χ1v) is 7.85. The number of amides is 1. The van der Waals surface area contributed by atoms with Crippen molar-refractivity contribution in [1.29, 1.82) is 0 Å². The molecule has 0 saturated carbocycles. The van der Waals surface area contributed by atoms with E-state index in [9.17, 15) is 4.79 Å². The second-order valence-corrected chi connectivity index (χ2v) is 6.22. The van der Waals surface area contributed by atoms with E-state index >= 15 is 0 Å². The number of hydrogen-bond acceptors (Lipinski definition) is 3. The van der Waals surface area contributed by atoms with Gasteiger partial charge in [0.25, 0.3) is 0 Å². The number of thiophene rings is 1. The van der Waals surface area contributed by atoms with Gasteiger partial charge in [0.2, 0.25) is 5.91 Å². The van der Waals surface area contributed by atoms with Crippen LogP contribution in [0.25, 0.3) is 0 Å². The minimum atomic E-state index is 0.215. The summed E-state index contributed by atoms with van der Waals surface area (Å²) in [4.78, 5) is 14.8. The van der Waals surface area contributed by atoms with E-state index in [1.165, 1.54) is 4.88 Å². The molecule has 3 rings (SSSR count). The number of rotatable bonds is 4. The summed E-state index contributed by atoms with van der Waals surface area (Å²) in [7, 11) is 0. The summed E-state index contributed by atoms with van der Waals surface area (Å²) in [5.74, 6) is 0.215. The van der Waals surface area contributed by atoms with Crippen molar-refractivity contribution in [3.8, 4) is 0 Å². The molecule has 1 aliphatic rings. The molecule has 2 heterocycles. The van der Waals surface area contributed by atoms with Crippen LogP contribution in [0.3, 0.4) is 0 Å². The number of nitrogens with one attached hydrogen (secondary N) is 1. The number of hydrogen-bond donors (Lipinski definition) is 1. The molecule has 1 aromatic heterocycles. The van der Waals surface area contributed by atoms with Crippen molar-refractivity contribution in [1.82, 2.24) is 0 Å². The van der Waals surface area contributed by atoms with E-state index in [1.54, 1.807) is 11.3 Å². The van der Waals surface area contributed by atoms with Crippen molar-refractivity contribution in [2.75, 3.05) is 16.8 Å². The molecule has 1 amide bonds. The molecule has 1 aliphatic heterocycles. The lowest BCUT2D eigenvalue weighted by Gasteiger charge is -2.17. The zero-order valence-corrected chi connectivity index (χ0v) is 12.5. The zero-order valence-electron chi connectivity index (χ0n) is 10.9. The first kappa shape index (κ1) is 13.5. The van der Waals surface area contributed by atoms with Crippen molar-refractivity contribution in [3.63, 3.8) is 0 Å². The highest BCUT2D eigenvalue weighted by molar-refractivity contribution is 7.10. The fourth-order valence-electron chi connectivity index (χ4n) is 2.34. The maximum Gasteiger partial charge on any atom is 0.227 e. The number of halogens is 1. The van der Waals surface area contributed by atoms with Crippen molar-refractivity contribution < 1.29 is 4.79 Å². The van der Waals surface area contributed by atoms with Crippen LogP contribution in [0.5, 0.6) is 0 Å². The number of nitrogens with zero attached hydrogens (tertiary/aromatic N) is 1. The molecule has 3 nitrogen and oxygen atoms in total. The maximum absolute atomic E-state index is 11.8. The molecule has 0 aliphatic carbocycles. The van der Waals surface area contributed by atoms with Gasteiger partial charge >= 0.3 is 0 Å². The van der Waals surface area contributed by atoms with E-state index in [0.29, 0.717) is 6.42 Å². The molecule has 1 aromatic carbocycles. The highest BCUT2D eigenvalue weighted by atomic mass is 35.5. The van der Waals surface area contributed by atoms with Gasteiger partial charge in [0, 0.05) is 41.1 Å². The van der Waals surface area contributed by atoms with Crippen LogP contribution in [0, 0.1) is 0 Å². The highest BCUT2D eigenvalue weighted by Crippen LogP contribution is 2.25. The summed E-state index contributed by atoms with van der Waals surface area (Å²) < 4.78 is 0. The number of carbonyl (C=O) groups is 1. The van der Waals surface area contributed by atoms with Crippen molar-refractivity contribution in [2.45, 2.75) is 19.4 Å². The van der Waals surface area contributed by atoms with Gasteiger partial charge in [0.15, 0.2) is 0 Å². The Morgan fingerprint density at radius 2 is 2.25 bits per heavy atom. The van der Waals surface area contributed by atoms with Crippen LogP contribution in [0.1, 0.15) is 17.7 Å². The molecule has 0 unspecified atom stereocenters. The summed E-state index contributed by atoms with van der Waals surface area (Å²) in [6.45, 7) is 1.57. The van der Waals surface area contributed by atoms with Gasteiger partial charge in [-0.25, -0.2) is 0 Å². The summed E-state index contributed by atoms with van der Waals surface area (Å²) >= 11 is 7.55. The maximum atomic E-state index is 11.8. The molecular weight excluding hydrogens is 292 g/mol. The molecular formula is C15H15ClN2OS. The van der Waals surface area contributed by atoms with Gasteiger partial charge in [-0.05, 0) is 30.7 Å². The highest BCUT2D eigenvalue weighted by Gasteiger charge is 2.21. The van der Waals surface area contributed by atoms with Gasteiger partial charge in [0.05, 0.1) is 5.02 Å². The third-order valence-electron chi connectivity index (χ3n) is 3.32. The number of anilines is 2. The Bertz CT molecular complexity index is 626. The van der Waals surface area contributed by atoms with E-state index in [1.807, 2.05) is 40.6 Å². The van der Waals surface area contributed by atoms with Gasteiger partial charge in [-0.15, -0.1) is 11.3 Å². The Hall–Kier alpha value is -1.52. The molecule has 0 radical (unpaired) electrons. The standard InChI is InChI=1S/C15H15ClN2OS/c16-11-7-14(20-10-11)9-17-12-3-1-4-13(8-12)18-6-2-5-15(18)19/h1,3-4,7-8,10,17H,2,5-6,9H2. The molecule has 0 spiro atoms. The molecule has 0 atom stereocenters. The van der Waals surface area contributed by atoms with Gasteiger partial charge in [-0.2, -0.15) is 0 Å². The van der Waals surface area contributed by atoms with Crippen LogP contribution < -0.4 is 10.2 Å². The van der Waals surface area contributed by atoms with Crippen LogP contribution in [0.2, 0.25) is 5.02 Å². The molecule has 0 bridgehead atoms. The normalized spacial score (nSPS) is 14.8. The Balaban J connectivity index is 1.69. The predicted molar refractivity (Wildman–Crippen MR) is 84.7 cm³/mol. The fourth-order valence-corrected chi connectivity index (χ4v) is 3.35. The zero-order chi connectivity index (χ0) is 13.9. The van der Waals surface area contributed by atoms with Crippen molar-refractivity contribution >= 4 is 40.2 Å². The van der Waals surface area contributed by atoms with E-state index in [0.717, 1.165) is 35.9 Å². The average Bonchev–Trinajstić information content (AvgIpc) is 3.05. The van der Waals surface area contributed by atoms with Crippen LogP contribution >= 0.6 is 22.9 Å². The second-order valence-electron chi connectivity index (χ2n) is 4.78. The molecule has 1 saturated heterocycles. The Labute approximate surface area is 127 Å². The minimum absolute atomic E-state index is 0.215. The number of carbonyl (C=O) groups excluding carboxylic acids is 1. The quantitative estimate of drug-likeness (QED) is 0.920. The largest absolute Gasteiger partial charge is 0.380 e. The third-order valence-corrected chi connectivity index (χ3v) is 4.60. The minimum Gasteiger partial charge on any atom is -0.380 e. The summed E-state index contributed by atoms with van der Waals surface area (Å²) in [5.41, 5.74) is 1.99. The smallest absolute Gasteiger partial charge is 0.227 e. The van der Waals surface area contributed by atoms with Crippen molar-refractivity contribution in [2.24, 2.45) is 0 Å². The van der Waals surface area contributed by atoms with Gasteiger partial charge in [-0.3, -0.25) is 4.79 Å². The van der Waals surface area contributed by atoms with Crippen molar-refractivity contribution in [3.05, 3.63) is 45.6 Å². The molecule has 2 aromatic rings. The van der Waals surface area contributed by atoms with Gasteiger partial charge < -0.3 is 10.2 Å². The lowest BCUT2D eigenvalue weighted by molar-refractivity contribution is -0.117. The van der Waals surface area contributed by atoms with E-state index in [-0.39, 0.29) is 5.91 Å². The summed E-state index contributed by atoms with van der Waals surface area (Å²) in [6, 6.07) is 9.96. The van der Waals surface area contributed by atoms with E-state index in [2.05, 4.69) is 5.32 Å². The monoisotopic (exact) mass is 306 g/mol. The topological polar surface area (TPSA) is 32.3 Å². The first-order chi connectivity index (χ1) is 9.72. The molecule has 20 heavy (non-hydrogen) atoms. The Kier molecular flexibility index (Phi) is 3.94. The van der Waals surface area contributed by atoms with Crippen LogP contribution in [0.15, 0.2) is 35.7 Å². The van der Waals surface area contributed by atoms with E-state index in [4.69, 9.17) is 11.6 Å². The fraction of sp³-hybridized carbons (Fsp3) is 0.267. The lowest BCUT2D eigenvalue weighted by atomic mass is 10.2. The second kappa shape index (κ2) is 5.85. The first-order valence-electron chi connectivity index (χ1n) is 6.59. The van der Waals surface area contributed by atoms with Gasteiger partial charge in [0.1, 0.15) is 0 Å². The van der Waals surface area contributed by atoms with Crippen LogP contribution in [0.4, 0.5) is 11.4 Å². The lowest BCUT2D eigenvalue weighted by Crippen LogP contribution is -2.23. The number of benzene rings is 1. The summed E-state index contributed by atoms with van der Waals surface area (Å²) in [5, 5.41) is 6.08. The average molecular weight is 307 g/mol. The third kappa shape index (κ3) is 2.97. The van der Waals surface area contributed by atoms with Crippen LogP contribution in [-0.2, 0) is 11.3 Å². The Morgan fingerprint density at radius 3 is 2.95 bits per heavy atom. The molecule has 1 fully saturated rings.